The third-order valence-electron chi connectivity index (χ3n) is 4.19. The summed E-state index contributed by atoms with van der Waals surface area (Å²) < 4.78 is 5.50. The number of ether oxygens (including phenoxy) is 1. The lowest BCUT2D eigenvalue weighted by molar-refractivity contribution is 0.381. The second-order valence-electron chi connectivity index (χ2n) is 5.42. The molecular formula is C16H26N2O. The van der Waals surface area contributed by atoms with Gasteiger partial charge in [-0.25, -0.2) is 0 Å². The maximum Gasteiger partial charge on any atom is 0.142 e. The van der Waals surface area contributed by atoms with Gasteiger partial charge in [-0.3, -0.25) is 0 Å². The summed E-state index contributed by atoms with van der Waals surface area (Å²) in [6.07, 6.45) is 2.41. The first-order chi connectivity index (χ1) is 9.26. The molecule has 3 heteroatoms. The van der Waals surface area contributed by atoms with E-state index < -0.39 is 0 Å². The molecule has 1 fully saturated rings. The molecule has 2 unspecified atom stereocenters. The molecule has 1 heterocycles. The molecular weight excluding hydrogens is 236 g/mol. The number of nitrogens with zero attached hydrogens (tertiary/aromatic N) is 1. The first kappa shape index (κ1) is 14.2. The van der Waals surface area contributed by atoms with Crippen LogP contribution in [0.4, 0.5) is 5.69 Å². The fourth-order valence-electron chi connectivity index (χ4n) is 2.73. The molecule has 3 nitrogen and oxygen atoms in total. The molecule has 106 valence electrons. The van der Waals surface area contributed by atoms with Gasteiger partial charge in [0.05, 0.1) is 12.8 Å². The van der Waals surface area contributed by atoms with Gasteiger partial charge in [0.25, 0.3) is 0 Å². The largest absolute Gasteiger partial charge is 0.495 e. The average Bonchev–Trinajstić information content (AvgIpc) is 2.72. The third kappa shape index (κ3) is 3.41. The Morgan fingerprint density at radius 2 is 2.21 bits per heavy atom. The smallest absolute Gasteiger partial charge is 0.142 e. The van der Waals surface area contributed by atoms with Crippen molar-refractivity contribution in [1.82, 2.24) is 5.32 Å². The lowest BCUT2D eigenvalue weighted by Crippen LogP contribution is -2.42. The molecule has 1 aliphatic heterocycles. The molecule has 19 heavy (non-hydrogen) atoms. The molecule has 0 aliphatic carbocycles. The summed E-state index contributed by atoms with van der Waals surface area (Å²) in [5.41, 5.74) is 1.22. The Balaban J connectivity index is 2.17. The molecule has 1 aromatic rings. The number of anilines is 1. The average molecular weight is 262 g/mol. The van der Waals surface area contributed by atoms with Gasteiger partial charge in [0, 0.05) is 19.1 Å². The summed E-state index contributed by atoms with van der Waals surface area (Å²) >= 11 is 0. The quantitative estimate of drug-likeness (QED) is 0.903. The number of nitrogens with one attached hydrogen (secondary N) is 1. The van der Waals surface area contributed by atoms with Crippen LogP contribution in [0.3, 0.4) is 0 Å². The van der Waals surface area contributed by atoms with Gasteiger partial charge >= 0.3 is 0 Å². The van der Waals surface area contributed by atoms with Crippen LogP contribution in [0.25, 0.3) is 0 Å². The Kier molecular flexibility index (Phi) is 5.08. The van der Waals surface area contributed by atoms with Crippen molar-refractivity contribution in [2.75, 3.05) is 31.6 Å². The van der Waals surface area contributed by atoms with E-state index in [9.17, 15) is 0 Å². The summed E-state index contributed by atoms with van der Waals surface area (Å²) in [6.45, 7) is 7.88. The van der Waals surface area contributed by atoms with Crippen LogP contribution in [-0.4, -0.2) is 32.8 Å². The topological polar surface area (TPSA) is 24.5 Å². The van der Waals surface area contributed by atoms with Crippen molar-refractivity contribution in [1.29, 1.82) is 0 Å². The van der Waals surface area contributed by atoms with Crippen LogP contribution in [0.15, 0.2) is 24.3 Å². The van der Waals surface area contributed by atoms with Crippen molar-refractivity contribution in [2.45, 2.75) is 32.7 Å². The van der Waals surface area contributed by atoms with E-state index in [0.717, 1.165) is 25.4 Å². The predicted octanol–water partition coefficient (Wildman–Crippen LogP) is 2.91. The van der Waals surface area contributed by atoms with Crippen LogP contribution in [0, 0.1) is 5.92 Å². The first-order valence-corrected chi connectivity index (χ1v) is 7.37. The highest BCUT2D eigenvalue weighted by atomic mass is 16.5. The third-order valence-corrected chi connectivity index (χ3v) is 4.19. The van der Waals surface area contributed by atoms with Gasteiger partial charge in [0.1, 0.15) is 5.75 Å². The SMILES string of the molecule is CCC(C)C1CN(c2ccccc2OC)CCCN1. The van der Waals surface area contributed by atoms with Gasteiger partial charge in [0.2, 0.25) is 0 Å². The minimum Gasteiger partial charge on any atom is -0.495 e. The zero-order chi connectivity index (χ0) is 13.7. The maximum atomic E-state index is 5.50. The molecule has 0 saturated carbocycles. The molecule has 1 N–H and O–H groups in total. The summed E-state index contributed by atoms with van der Waals surface area (Å²) in [7, 11) is 1.75. The van der Waals surface area contributed by atoms with Crippen molar-refractivity contribution in [3.05, 3.63) is 24.3 Å². The lowest BCUT2D eigenvalue weighted by Gasteiger charge is -2.30. The number of methoxy groups -OCH3 is 1. The predicted molar refractivity (Wildman–Crippen MR) is 81.1 cm³/mol. The summed E-state index contributed by atoms with van der Waals surface area (Å²) in [5.74, 6) is 1.68. The molecule has 0 bridgehead atoms. The Morgan fingerprint density at radius 1 is 1.42 bits per heavy atom. The number of rotatable bonds is 4. The second kappa shape index (κ2) is 6.80. The number of hydrogen-bond donors (Lipinski definition) is 1. The van der Waals surface area contributed by atoms with Crippen LogP contribution < -0.4 is 15.0 Å². The number of benzene rings is 1. The van der Waals surface area contributed by atoms with Gasteiger partial charge in [-0.1, -0.05) is 32.4 Å². The van der Waals surface area contributed by atoms with Gasteiger partial charge in [-0.2, -0.15) is 0 Å². The normalized spacial score (nSPS) is 21.8. The van der Waals surface area contributed by atoms with Crippen LogP contribution in [0.5, 0.6) is 5.75 Å². The summed E-state index contributed by atoms with van der Waals surface area (Å²) in [5, 5.41) is 3.69. The first-order valence-electron chi connectivity index (χ1n) is 7.37. The van der Waals surface area contributed by atoms with Crippen molar-refractivity contribution in [2.24, 2.45) is 5.92 Å². The van der Waals surface area contributed by atoms with E-state index in [1.54, 1.807) is 7.11 Å². The molecule has 0 spiro atoms. The molecule has 1 saturated heterocycles. The van der Waals surface area contributed by atoms with E-state index in [4.69, 9.17) is 4.74 Å². The molecule has 2 rings (SSSR count). The molecule has 0 amide bonds. The standard InChI is InChI=1S/C16H26N2O/c1-4-13(2)14-12-18(11-7-10-17-14)15-8-5-6-9-16(15)19-3/h5-6,8-9,13-14,17H,4,7,10-12H2,1-3H3. The summed E-state index contributed by atoms with van der Waals surface area (Å²) in [6, 6.07) is 8.90. The Labute approximate surface area is 116 Å². The monoisotopic (exact) mass is 262 g/mol. The zero-order valence-electron chi connectivity index (χ0n) is 12.4. The van der Waals surface area contributed by atoms with Crippen molar-refractivity contribution in [3.63, 3.8) is 0 Å². The van der Waals surface area contributed by atoms with Gasteiger partial charge in [-0.05, 0) is 31.0 Å². The van der Waals surface area contributed by atoms with E-state index in [1.807, 2.05) is 12.1 Å². The maximum absolute atomic E-state index is 5.50. The van der Waals surface area contributed by atoms with Crippen molar-refractivity contribution < 1.29 is 4.74 Å². The Morgan fingerprint density at radius 3 is 2.95 bits per heavy atom. The van der Waals surface area contributed by atoms with Crippen molar-refractivity contribution >= 4 is 5.69 Å². The van der Waals surface area contributed by atoms with E-state index >= 15 is 0 Å². The fourth-order valence-corrected chi connectivity index (χ4v) is 2.73. The zero-order valence-corrected chi connectivity index (χ0v) is 12.4. The highest BCUT2D eigenvalue weighted by Gasteiger charge is 2.23. The molecule has 0 aromatic heterocycles. The summed E-state index contributed by atoms with van der Waals surface area (Å²) in [4.78, 5) is 2.47. The Bertz CT molecular complexity index is 394. The molecule has 0 radical (unpaired) electrons. The van der Waals surface area contributed by atoms with E-state index in [-0.39, 0.29) is 0 Å². The lowest BCUT2D eigenvalue weighted by atomic mass is 9.99. The molecule has 1 aromatic carbocycles. The minimum atomic E-state index is 0.567. The van der Waals surface area contributed by atoms with E-state index in [2.05, 4.69) is 36.2 Å². The molecule has 2 atom stereocenters. The van der Waals surface area contributed by atoms with Gasteiger partial charge in [0.15, 0.2) is 0 Å². The Hall–Kier alpha value is -1.22. The van der Waals surface area contributed by atoms with Crippen LogP contribution in [0.1, 0.15) is 26.7 Å². The highest BCUT2D eigenvalue weighted by molar-refractivity contribution is 5.58. The molecule has 1 aliphatic rings. The van der Waals surface area contributed by atoms with Crippen LogP contribution in [-0.2, 0) is 0 Å². The number of hydrogen-bond acceptors (Lipinski definition) is 3. The van der Waals surface area contributed by atoms with E-state index in [0.29, 0.717) is 12.0 Å². The van der Waals surface area contributed by atoms with Crippen LogP contribution >= 0.6 is 0 Å². The van der Waals surface area contributed by atoms with Crippen LogP contribution in [0.2, 0.25) is 0 Å². The fraction of sp³-hybridized carbons (Fsp3) is 0.625. The number of para-hydroxylation sites is 2. The van der Waals surface area contributed by atoms with Gasteiger partial charge < -0.3 is 15.0 Å². The minimum absolute atomic E-state index is 0.567. The highest BCUT2D eigenvalue weighted by Crippen LogP contribution is 2.29. The van der Waals surface area contributed by atoms with E-state index in [1.165, 1.54) is 18.5 Å². The van der Waals surface area contributed by atoms with Crippen molar-refractivity contribution in [3.8, 4) is 5.75 Å². The van der Waals surface area contributed by atoms with Gasteiger partial charge in [-0.15, -0.1) is 0 Å². The second-order valence-corrected chi connectivity index (χ2v) is 5.42.